The van der Waals surface area contributed by atoms with Crippen LogP contribution in [0.1, 0.15) is 16.1 Å². The van der Waals surface area contributed by atoms with Gasteiger partial charge >= 0.3 is 0 Å². The summed E-state index contributed by atoms with van der Waals surface area (Å²) in [4.78, 5) is 19.4. The zero-order chi connectivity index (χ0) is 15.6. The van der Waals surface area contributed by atoms with E-state index in [1.807, 2.05) is 0 Å². The van der Waals surface area contributed by atoms with Crippen LogP contribution in [0.2, 0.25) is 5.28 Å². The molecule has 2 aromatic rings. The average molecular weight is 327 g/mol. The van der Waals surface area contributed by atoms with Crippen LogP contribution in [0.3, 0.4) is 0 Å². The van der Waals surface area contributed by atoms with E-state index in [-0.39, 0.29) is 15.9 Å². The minimum absolute atomic E-state index is 0.0249. The summed E-state index contributed by atoms with van der Waals surface area (Å²) >= 11 is 5.61. The number of nitrogens with two attached hydrogens (primary N) is 1. The second kappa shape index (κ2) is 5.76. The van der Waals surface area contributed by atoms with Crippen LogP contribution < -0.4 is 10.5 Å². The molecule has 1 heterocycles. The summed E-state index contributed by atoms with van der Waals surface area (Å²) in [6.07, 6.45) is 1.36. The number of anilines is 1. The Bertz CT molecular complexity index is 808. The number of hydrogen-bond donors (Lipinski definition) is 2. The molecule has 2 rings (SSSR count). The summed E-state index contributed by atoms with van der Waals surface area (Å²) in [6, 6.07) is 5.55. The van der Waals surface area contributed by atoms with E-state index >= 15 is 0 Å². The number of halogens is 1. The third kappa shape index (κ3) is 3.75. The number of hydrogen-bond acceptors (Lipinski definition) is 5. The van der Waals surface area contributed by atoms with Crippen molar-refractivity contribution < 1.29 is 13.2 Å². The van der Waals surface area contributed by atoms with Crippen LogP contribution in [-0.2, 0) is 10.0 Å². The van der Waals surface area contributed by atoms with Crippen molar-refractivity contribution in [2.45, 2.75) is 11.8 Å². The van der Waals surface area contributed by atoms with Crippen molar-refractivity contribution in [1.29, 1.82) is 0 Å². The van der Waals surface area contributed by atoms with Gasteiger partial charge in [0.05, 0.1) is 4.90 Å². The lowest BCUT2D eigenvalue weighted by Gasteiger charge is -2.09. The predicted molar refractivity (Wildman–Crippen MR) is 77.5 cm³/mol. The van der Waals surface area contributed by atoms with Crippen molar-refractivity contribution in [2.75, 3.05) is 5.32 Å². The quantitative estimate of drug-likeness (QED) is 0.826. The van der Waals surface area contributed by atoms with E-state index in [1.165, 1.54) is 30.5 Å². The minimum Gasteiger partial charge on any atom is -0.320 e. The highest BCUT2D eigenvalue weighted by Gasteiger charge is 2.13. The molecule has 1 aromatic carbocycles. The maximum Gasteiger partial charge on any atom is 0.274 e. The molecule has 21 heavy (non-hydrogen) atoms. The molecule has 1 aromatic heterocycles. The number of carbonyl (C=O) groups is 1. The third-order valence-electron chi connectivity index (χ3n) is 2.63. The lowest BCUT2D eigenvalue weighted by atomic mass is 10.2. The molecule has 0 atom stereocenters. The van der Waals surface area contributed by atoms with Crippen molar-refractivity contribution in [3.63, 3.8) is 0 Å². The van der Waals surface area contributed by atoms with E-state index in [2.05, 4.69) is 15.3 Å². The van der Waals surface area contributed by atoms with Crippen LogP contribution in [0, 0.1) is 6.92 Å². The average Bonchev–Trinajstić information content (AvgIpc) is 2.39. The topological polar surface area (TPSA) is 115 Å². The number of aromatic nitrogens is 2. The molecule has 7 nitrogen and oxygen atoms in total. The van der Waals surface area contributed by atoms with Crippen LogP contribution in [0.4, 0.5) is 5.69 Å². The van der Waals surface area contributed by atoms with Crippen LogP contribution in [0.25, 0.3) is 0 Å². The van der Waals surface area contributed by atoms with E-state index in [0.717, 1.165) is 0 Å². The molecule has 110 valence electrons. The molecule has 0 saturated carbocycles. The predicted octanol–water partition coefficient (Wildman–Crippen LogP) is 1.34. The van der Waals surface area contributed by atoms with Crippen LogP contribution in [0.5, 0.6) is 0 Å². The zero-order valence-corrected chi connectivity index (χ0v) is 12.4. The van der Waals surface area contributed by atoms with Gasteiger partial charge in [0.2, 0.25) is 15.3 Å². The molecule has 0 saturated heterocycles. The molecule has 0 bridgehead atoms. The zero-order valence-electron chi connectivity index (χ0n) is 10.9. The number of nitrogens with one attached hydrogen (secondary N) is 1. The summed E-state index contributed by atoms with van der Waals surface area (Å²) in [7, 11) is -3.78. The van der Waals surface area contributed by atoms with Gasteiger partial charge in [0.15, 0.2) is 0 Å². The summed E-state index contributed by atoms with van der Waals surface area (Å²) in [5, 5.41) is 7.61. The second-order valence-corrected chi connectivity index (χ2v) is 6.09. The van der Waals surface area contributed by atoms with Gasteiger partial charge in [0.25, 0.3) is 5.91 Å². The lowest BCUT2D eigenvalue weighted by Crippen LogP contribution is -2.16. The number of sulfonamides is 1. The van der Waals surface area contributed by atoms with Gasteiger partial charge in [-0.3, -0.25) is 4.79 Å². The van der Waals surface area contributed by atoms with E-state index in [9.17, 15) is 13.2 Å². The van der Waals surface area contributed by atoms with Gasteiger partial charge in [-0.1, -0.05) is 0 Å². The summed E-state index contributed by atoms with van der Waals surface area (Å²) in [5.41, 5.74) is 1.10. The first-order chi connectivity index (χ1) is 9.77. The number of benzene rings is 1. The molecule has 0 unspecified atom stereocenters. The van der Waals surface area contributed by atoms with Crippen LogP contribution in [0.15, 0.2) is 35.4 Å². The molecule has 0 aliphatic heterocycles. The Labute approximate surface area is 126 Å². The van der Waals surface area contributed by atoms with E-state index in [0.29, 0.717) is 11.3 Å². The molecular weight excluding hydrogens is 316 g/mol. The number of nitrogens with zero attached hydrogens (tertiary/aromatic N) is 2. The van der Waals surface area contributed by atoms with E-state index in [4.69, 9.17) is 16.7 Å². The van der Waals surface area contributed by atoms with Crippen LogP contribution >= 0.6 is 11.6 Å². The highest BCUT2D eigenvalue weighted by atomic mass is 35.5. The number of primary sulfonamides is 1. The van der Waals surface area contributed by atoms with Gasteiger partial charge in [-0.2, -0.15) is 0 Å². The Morgan fingerprint density at radius 2 is 2.05 bits per heavy atom. The molecule has 9 heteroatoms. The van der Waals surface area contributed by atoms with Gasteiger partial charge < -0.3 is 5.32 Å². The maximum absolute atomic E-state index is 12.0. The smallest absolute Gasteiger partial charge is 0.274 e. The fourth-order valence-electron chi connectivity index (χ4n) is 1.60. The van der Waals surface area contributed by atoms with E-state index in [1.54, 1.807) is 6.92 Å². The first-order valence-corrected chi connectivity index (χ1v) is 7.63. The number of carbonyl (C=O) groups excluding carboxylic acids is 1. The highest BCUT2D eigenvalue weighted by Crippen LogP contribution is 2.19. The summed E-state index contributed by atoms with van der Waals surface area (Å²) in [6.45, 7) is 1.65. The van der Waals surface area contributed by atoms with Gasteiger partial charge in [0, 0.05) is 11.9 Å². The third-order valence-corrected chi connectivity index (χ3v) is 3.73. The molecular formula is C12H11ClN4O3S. The van der Waals surface area contributed by atoms with Crippen LogP contribution in [-0.4, -0.2) is 24.3 Å². The normalized spacial score (nSPS) is 11.2. The van der Waals surface area contributed by atoms with E-state index < -0.39 is 15.9 Å². The first-order valence-electron chi connectivity index (χ1n) is 5.71. The molecule has 1 amide bonds. The first kappa shape index (κ1) is 15.4. The molecule has 0 spiro atoms. The SMILES string of the molecule is Cc1cc(S(N)(=O)=O)ccc1NC(=O)c1ccnc(Cl)n1. The largest absolute Gasteiger partial charge is 0.320 e. The number of rotatable bonds is 3. The van der Waals surface area contributed by atoms with Gasteiger partial charge in [-0.05, 0) is 48.4 Å². The molecule has 0 radical (unpaired) electrons. The maximum atomic E-state index is 12.0. The summed E-state index contributed by atoms with van der Waals surface area (Å²) in [5.74, 6) is -0.481. The fourth-order valence-corrected chi connectivity index (χ4v) is 2.35. The Morgan fingerprint density at radius 1 is 1.33 bits per heavy atom. The monoisotopic (exact) mass is 326 g/mol. The Kier molecular flexibility index (Phi) is 4.21. The molecule has 3 N–H and O–H groups in total. The van der Waals surface area contributed by atoms with Gasteiger partial charge in [-0.15, -0.1) is 0 Å². The molecule has 0 aliphatic carbocycles. The molecule has 0 fully saturated rings. The number of aryl methyl sites for hydroxylation is 1. The van der Waals surface area contributed by atoms with Crippen molar-refractivity contribution >= 4 is 33.2 Å². The molecule has 0 aliphatic rings. The van der Waals surface area contributed by atoms with Crippen molar-refractivity contribution in [2.24, 2.45) is 5.14 Å². The number of amides is 1. The summed E-state index contributed by atoms with van der Waals surface area (Å²) < 4.78 is 22.5. The Morgan fingerprint density at radius 3 is 2.62 bits per heavy atom. The standard InChI is InChI=1S/C12H11ClN4O3S/c1-7-6-8(21(14,19)20)2-3-9(7)16-11(18)10-4-5-15-12(13)17-10/h2-6H,1H3,(H,16,18)(H2,14,19,20). The van der Waals surface area contributed by atoms with Gasteiger partial charge in [0.1, 0.15) is 5.69 Å². The van der Waals surface area contributed by atoms with Gasteiger partial charge in [-0.25, -0.2) is 23.5 Å². The highest BCUT2D eigenvalue weighted by molar-refractivity contribution is 7.89. The Balaban J connectivity index is 2.26. The lowest BCUT2D eigenvalue weighted by molar-refractivity contribution is 0.102. The van der Waals surface area contributed by atoms with Crippen molar-refractivity contribution in [3.8, 4) is 0 Å². The Hall–Kier alpha value is -2.03. The van der Waals surface area contributed by atoms with Crippen molar-refractivity contribution in [1.82, 2.24) is 9.97 Å². The second-order valence-electron chi connectivity index (χ2n) is 4.19. The van der Waals surface area contributed by atoms with Crippen molar-refractivity contribution in [3.05, 3.63) is 47.0 Å². The minimum atomic E-state index is -3.78. The fraction of sp³-hybridized carbons (Fsp3) is 0.0833.